The number of esters is 2. The zero-order valence-electron chi connectivity index (χ0n) is 35.5. The van der Waals surface area contributed by atoms with Gasteiger partial charge in [-0.25, -0.2) is 9.59 Å². The second-order valence-electron chi connectivity index (χ2n) is 15.3. The normalized spacial score (nSPS) is 12.3. The van der Waals surface area contributed by atoms with E-state index in [9.17, 15) is 19.2 Å². The maximum Gasteiger partial charge on any atom is 0.329 e. The minimum absolute atomic E-state index is 0.149. The molecule has 0 aromatic heterocycles. The number of unbranched alkanes of at least 4 members (excludes halogenated alkanes) is 28. The molecule has 0 saturated heterocycles. The van der Waals surface area contributed by atoms with Crippen LogP contribution >= 0.6 is 21.6 Å². The van der Waals surface area contributed by atoms with E-state index < -0.39 is 24.0 Å². The molecule has 0 radical (unpaired) electrons. The van der Waals surface area contributed by atoms with E-state index in [1.807, 2.05) is 0 Å². The Morgan fingerprint density at radius 3 is 0.833 bits per heavy atom. The Hall–Kier alpha value is -1.42. The van der Waals surface area contributed by atoms with E-state index >= 15 is 0 Å². The zero-order valence-corrected chi connectivity index (χ0v) is 37.1. The van der Waals surface area contributed by atoms with Crippen molar-refractivity contribution in [2.24, 2.45) is 0 Å². The van der Waals surface area contributed by atoms with Crippen LogP contribution in [-0.4, -0.2) is 61.6 Å². The van der Waals surface area contributed by atoms with Crippen molar-refractivity contribution in [3.8, 4) is 0 Å². The largest absolute Gasteiger partial charge is 0.467 e. The van der Waals surface area contributed by atoms with Crippen LogP contribution in [-0.2, 0) is 28.7 Å². The average molecular weight is 801 g/mol. The van der Waals surface area contributed by atoms with Crippen molar-refractivity contribution < 1.29 is 28.7 Å². The molecule has 0 rings (SSSR count). The third-order valence-corrected chi connectivity index (χ3v) is 12.6. The zero-order chi connectivity index (χ0) is 39.7. The Morgan fingerprint density at radius 1 is 0.389 bits per heavy atom. The van der Waals surface area contributed by atoms with Gasteiger partial charge in [-0.3, -0.25) is 9.59 Å². The van der Waals surface area contributed by atoms with Crippen LogP contribution in [0.4, 0.5) is 0 Å². The van der Waals surface area contributed by atoms with E-state index in [1.165, 1.54) is 190 Å². The van der Waals surface area contributed by atoms with E-state index in [0.29, 0.717) is 24.3 Å². The summed E-state index contributed by atoms with van der Waals surface area (Å²) in [4.78, 5) is 50.0. The molecule has 0 aliphatic carbocycles. The molecule has 0 aromatic carbocycles. The van der Waals surface area contributed by atoms with Crippen molar-refractivity contribution in [2.45, 2.75) is 231 Å². The molecule has 2 amide bonds. The van der Waals surface area contributed by atoms with Crippen LogP contribution in [0.2, 0.25) is 0 Å². The van der Waals surface area contributed by atoms with Crippen molar-refractivity contribution in [1.82, 2.24) is 10.6 Å². The number of ether oxygens (including phenoxy) is 2. The molecular weight excluding hydrogens is 717 g/mol. The molecule has 0 bridgehead atoms. The highest BCUT2D eigenvalue weighted by Crippen LogP contribution is 2.24. The number of rotatable bonds is 41. The molecule has 0 saturated carbocycles. The summed E-state index contributed by atoms with van der Waals surface area (Å²) in [6.07, 6.45) is 38.9. The van der Waals surface area contributed by atoms with Gasteiger partial charge in [0.25, 0.3) is 0 Å². The SMILES string of the molecule is CCCCCCCCCCCCCCCCCC(=O)N[C@@H](CSSC[C@H](NC(=O)CCCCCCCCCCCCCCCCC)C(=O)OC)C(=O)OC. The molecule has 0 spiro atoms. The molecule has 0 unspecified atom stereocenters. The van der Waals surface area contributed by atoms with Crippen LogP contribution in [0.3, 0.4) is 0 Å². The van der Waals surface area contributed by atoms with E-state index in [0.717, 1.165) is 38.5 Å². The Kier molecular flexibility index (Phi) is 40.1. The van der Waals surface area contributed by atoms with Crippen molar-refractivity contribution in [3.05, 3.63) is 0 Å². The molecule has 54 heavy (non-hydrogen) atoms. The molecule has 0 aromatic rings. The topological polar surface area (TPSA) is 111 Å². The Morgan fingerprint density at radius 2 is 0.611 bits per heavy atom. The fourth-order valence-electron chi connectivity index (χ4n) is 6.70. The molecule has 0 aliphatic rings. The predicted octanol–water partition coefficient (Wildman–Crippen LogP) is 12.2. The van der Waals surface area contributed by atoms with Gasteiger partial charge in [-0.1, -0.05) is 215 Å². The molecule has 2 atom stereocenters. The molecule has 0 heterocycles. The minimum atomic E-state index is -0.771. The van der Waals surface area contributed by atoms with Gasteiger partial charge in [0.15, 0.2) is 0 Å². The number of hydrogen-bond acceptors (Lipinski definition) is 8. The standard InChI is InChI=1S/C44H84N2O6S2/c1-5-7-9-11-13-15-17-19-21-23-25-27-29-31-33-35-41(47)45-39(43(49)51-3)37-53-54-38-40(44(50)52-4)46-42(48)36-34-32-30-28-26-24-22-20-18-16-14-12-10-8-6-2/h39-40H,5-38H2,1-4H3,(H,45,47)(H,46,48)/t39-,40-/m0/s1. The lowest BCUT2D eigenvalue weighted by molar-refractivity contribution is -0.144. The Balaban J connectivity index is 4.07. The highest BCUT2D eigenvalue weighted by Gasteiger charge is 2.24. The van der Waals surface area contributed by atoms with Gasteiger partial charge >= 0.3 is 11.9 Å². The maximum atomic E-state index is 12.6. The molecule has 0 fully saturated rings. The quantitative estimate of drug-likeness (QED) is 0.0357. The minimum Gasteiger partial charge on any atom is -0.467 e. The van der Waals surface area contributed by atoms with Gasteiger partial charge in [-0.2, -0.15) is 0 Å². The lowest BCUT2D eigenvalue weighted by Gasteiger charge is -2.18. The van der Waals surface area contributed by atoms with Crippen LogP contribution in [0.25, 0.3) is 0 Å². The average Bonchev–Trinajstić information content (AvgIpc) is 3.17. The third-order valence-electron chi connectivity index (χ3n) is 10.2. The monoisotopic (exact) mass is 801 g/mol. The van der Waals surface area contributed by atoms with Gasteiger partial charge in [0, 0.05) is 24.3 Å². The van der Waals surface area contributed by atoms with E-state index in [1.54, 1.807) is 0 Å². The highest BCUT2D eigenvalue weighted by atomic mass is 33.1. The number of carbonyl (C=O) groups is 4. The lowest BCUT2D eigenvalue weighted by Crippen LogP contribution is -2.44. The van der Waals surface area contributed by atoms with Gasteiger partial charge in [0.05, 0.1) is 14.2 Å². The number of carbonyl (C=O) groups excluding carboxylic acids is 4. The molecule has 8 nitrogen and oxygen atoms in total. The van der Waals surface area contributed by atoms with E-state index in [4.69, 9.17) is 9.47 Å². The summed E-state index contributed by atoms with van der Waals surface area (Å²) in [5, 5.41) is 5.65. The third kappa shape index (κ3) is 35.0. The van der Waals surface area contributed by atoms with Crippen molar-refractivity contribution in [1.29, 1.82) is 0 Å². The first-order valence-corrected chi connectivity index (χ1v) is 24.9. The van der Waals surface area contributed by atoms with Gasteiger partial charge < -0.3 is 20.1 Å². The predicted molar refractivity (Wildman–Crippen MR) is 232 cm³/mol. The first-order chi connectivity index (χ1) is 26.4. The molecule has 0 aliphatic heterocycles. The van der Waals surface area contributed by atoms with Crippen LogP contribution in [0.1, 0.15) is 219 Å². The summed E-state index contributed by atoms with van der Waals surface area (Å²) in [6.45, 7) is 4.53. The Bertz CT molecular complexity index is 823. The second-order valence-corrected chi connectivity index (χ2v) is 17.8. The van der Waals surface area contributed by atoms with E-state index in [-0.39, 0.29) is 11.8 Å². The van der Waals surface area contributed by atoms with Crippen LogP contribution in [0.15, 0.2) is 0 Å². The lowest BCUT2D eigenvalue weighted by atomic mass is 10.0. The first-order valence-electron chi connectivity index (χ1n) is 22.4. The molecular formula is C44H84N2O6S2. The number of hydrogen-bond donors (Lipinski definition) is 2. The summed E-state index contributed by atoms with van der Waals surface area (Å²) in [7, 11) is 5.35. The fraction of sp³-hybridized carbons (Fsp3) is 0.909. The summed E-state index contributed by atoms with van der Waals surface area (Å²) in [5.41, 5.74) is 0. The van der Waals surface area contributed by atoms with Crippen LogP contribution in [0.5, 0.6) is 0 Å². The summed E-state index contributed by atoms with van der Waals surface area (Å²) >= 11 is 0. The summed E-state index contributed by atoms with van der Waals surface area (Å²) < 4.78 is 9.86. The van der Waals surface area contributed by atoms with Crippen molar-refractivity contribution in [3.63, 3.8) is 0 Å². The Labute approximate surface area is 340 Å². The van der Waals surface area contributed by atoms with E-state index in [2.05, 4.69) is 24.5 Å². The smallest absolute Gasteiger partial charge is 0.329 e. The van der Waals surface area contributed by atoms with Crippen LogP contribution < -0.4 is 10.6 Å². The molecule has 318 valence electrons. The maximum absolute atomic E-state index is 12.6. The van der Waals surface area contributed by atoms with Crippen molar-refractivity contribution in [2.75, 3.05) is 25.7 Å². The number of methoxy groups -OCH3 is 2. The van der Waals surface area contributed by atoms with Gasteiger partial charge in [0.2, 0.25) is 11.8 Å². The van der Waals surface area contributed by atoms with Gasteiger partial charge in [-0.15, -0.1) is 0 Å². The first kappa shape index (κ1) is 52.6. The second kappa shape index (κ2) is 41.2. The molecule has 10 heteroatoms. The van der Waals surface area contributed by atoms with Gasteiger partial charge in [-0.05, 0) is 12.8 Å². The summed E-state index contributed by atoms with van der Waals surface area (Å²) in [5.74, 6) is -0.692. The van der Waals surface area contributed by atoms with Gasteiger partial charge in [0.1, 0.15) is 12.1 Å². The van der Waals surface area contributed by atoms with Crippen molar-refractivity contribution >= 4 is 45.3 Å². The number of amides is 2. The fourth-order valence-corrected chi connectivity index (χ4v) is 9.00. The highest BCUT2D eigenvalue weighted by molar-refractivity contribution is 8.76. The number of nitrogens with one attached hydrogen (secondary N) is 2. The van der Waals surface area contributed by atoms with Crippen LogP contribution in [0, 0.1) is 0 Å². The molecule has 2 N–H and O–H groups in total. The summed E-state index contributed by atoms with van der Waals surface area (Å²) in [6, 6.07) is -1.54.